The van der Waals surface area contributed by atoms with Gasteiger partial charge in [0.1, 0.15) is 0 Å². The van der Waals surface area contributed by atoms with E-state index in [1.807, 2.05) is 44.2 Å². The van der Waals surface area contributed by atoms with Crippen LogP contribution < -0.4 is 10.4 Å². The zero-order valence-electron chi connectivity index (χ0n) is 27.6. The molecule has 0 bridgehead atoms. The van der Waals surface area contributed by atoms with E-state index in [1.54, 1.807) is 18.3 Å². The van der Waals surface area contributed by atoms with Crippen molar-refractivity contribution in [1.82, 2.24) is 4.98 Å². The van der Waals surface area contributed by atoms with Gasteiger partial charge in [-0.2, -0.15) is 0 Å². The third kappa shape index (κ3) is 5.63. The van der Waals surface area contributed by atoms with Gasteiger partial charge in [0.2, 0.25) is 0 Å². The lowest BCUT2D eigenvalue weighted by molar-refractivity contribution is 0.426. The topological polar surface area (TPSA) is 56.6 Å². The van der Waals surface area contributed by atoms with Crippen LogP contribution in [0.15, 0.2) is 176 Å². The summed E-state index contributed by atoms with van der Waals surface area (Å²) in [7, 11) is -1.54. The van der Waals surface area contributed by atoms with Gasteiger partial charge in [-0.25, -0.2) is 0 Å². The van der Waals surface area contributed by atoms with E-state index in [0.717, 1.165) is 28.3 Å². The smallest absolute Gasteiger partial charge is 0.423 e. The molecule has 0 amide bonds. The molecule has 1 heterocycles. The number of pyridine rings is 1. The normalized spacial score (nSPS) is 12.2. The molecule has 0 fully saturated rings. The summed E-state index contributed by atoms with van der Waals surface area (Å²) in [5, 5.41) is 19.7. The first kappa shape index (κ1) is 31.8. The maximum Gasteiger partial charge on any atom is 0.488 e. The van der Waals surface area contributed by atoms with E-state index in [-0.39, 0.29) is 0 Å². The first-order valence-electron chi connectivity index (χ1n) is 16.8. The fraction of sp³-hybridized carbons (Fsp3) is 0.0682. The van der Waals surface area contributed by atoms with Gasteiger partial charge < -0.3 is 14.9 Å². The highest BCUT2D eigenvalue weighted by Crippen LogP contribution is 2.57. The number of hydrogen-bond donors (Lipinski definition) is 2. The van der Waals surface area contributed by atoms with Crippen molar-refractivity contribution in [1.29, 1.82) is 0 Å². The van der Waals surface area contributed by atoms with Gasteiger partial charge in [-0.15, -0.1) is 0 Å². The molecule has 1 aliphatic carbocycles. The predicted molar refractivity (Wildman–Crippen MR) is 203 cm³/mol. The van der Waals surface area contributed by atoms with Crippen LogP contribution in [0.1, 0.15) is 36.1 Å². The lowest BCUT2D eigenvalue weighted by Gasteiger charge is -2.35. The SMILES string of the molecule is CC.OB(O)c1ccc(N(c2ccc(-c3ccccn3)cc2)c2ccc3c(c2)C(c2ccccc2)(c2ccccc2)c2ccccc2-3)cc1. The van der Waals surface area contributed by atoms with Crippen molar-refractivity contribution < 1.29 is 10.0 Å². The largest absolute Gasteiger partial charge is 0.488 e. The molecule has 8 rings (SSSR count). The van der Waals surface area contributed by atoms with Crippen molar-refractivity contribution in [3.05, 3.63) is 198 Å². The monoisotopic (exact) mass is 636 g/mol. The Morgan fingerprint density at radius 1 is 0.510 bits per heavy atom. The molecule has 7 aromatic rings. The predicted octanol–water partition coefficient (Wildman–Crippen LogP) is 9.29. The zero-order valence-corrected chi connectivity index (χ0v) is 27.6. The Hall–Kier alpha value is -5.75. The van der Waals surface area contributed by atoms with Gasteiger partial charge in [0.05, 0.1) is 11.1 Å². The molecule has 6 aromatic carbocycles. The Bertz CT molecular complexity index is 2110. The molecule has 0 saturated carbocycles. The molecule has 0 saturated heterocycles. The molecule has 0 spiro atoms. The Labute approximate surface area is 288 Å². The van der Waals surface area contributed by atoms with Crippen molar-refractivity contribution in [3.63, 3.8) is 0 Å². The van der Waals surface area contributed by atoms with Crippen LogP contribution >= 0.6 is 0 Å². The highest BCUT2D eigenvalue weighted by Gasteiger charge is 2.46. The molecular formula is C44H37BN2O2. The summed E-state index contributed by atoms with van der Waals surface area (Å²) in [4.78, 5) is 6.76. The van der Waals surface area contributed by atoms with Gasteiger partial charge in [0, 0.05) is 28.8 Å². The van der Waals surface area contributed by atoms with E-state index >= 15 is 0 Å². The van der Waals surface area contributed by atoms with Crippen molar-refractivity contribution in [2.24, 2.45) is 0 Å². The van der Waals surface area contributed by atoms with Crippen LogP contribution in [0.25, 0.3) is 22.4 Å². The minimum absolute atomic E-state index is 0.441. The Kier molecular flexibility index (Phi) is 8.95. The molecule has 49 heavy (non-hydrogen) atoms. The summed E-state index contributed by atoms with van der Waals surface area (Å²) in [5.74, 6) is 0. The lowest BCUT2D eigenvalue weighted by atomic mass is 9.67. The van der Waals surface area contributed by atoms with E-state index in [4.69, 9.17) is 0 Å². The van der Waals surface area contributed by atoms with Crippen molar-refractivity contribution in [2.45, 2.75) is 19.3 Å². The molecule has 1 aromatic heterocycles. The molecule has 5 heteroatoms. The standard InChI is InChI=1S/C42H31BN2O2.C2H6/c46-43(47)33-20-24-35(25-21-33)45(34-22-18-30(19-23-34)41-17-9-10-28-44-41)36-26-27-38-37-15-7-8-16-39(37)42(40(38)29-36,31-11-3-1-4-12-31)32-13-5-2-6-14-32;1-2/h1-29,46-47H;1-2H3. The molecule has 4 nitrogen and oxygen atoms in total. The summed E-state index contributed by atoms with van der Waals surface area (Å²) in [5.41, 5.74) is 12.1. The molecule has 1 aliphatic rings. The molecule has 0 aliphatic heterocycles. The van der Waals surface area contributed by atoms with Gasteiger partial charge in [-0.3, -0.25) is 4.98 Å². The maximum absolute atomic E-state index is 9.83. The average molecular weight is 637 g/mol. The molecule has 0 unspecified atom stereocenters. The molecule has 0 radical (unpaired) electrons. The number of fused-ring (bicyclic) bond motifs is 3. The van der Waals surface area contributed by atoms with Gasteiger partial charge in [0.15, 0.2) is 0 Å². The van der Waals surface area contributed by atoms with Crippen molar-refractivity contribution in [3.8, 4) is 22.4 Å². The van der Waals surface area contributed by atoms with E-state index in [9.17, 15) is 10.0 Å². The van der Waals surface area contributed by atoms with Crippen LogP contribution in [0, 0.1) is 0 Å². The second-order valence-electron chi connectivity index (χ2n) is 11.8. The minimum Gasteiger partial charge on any atom is -0.423 e. The number of benzene rings is 6. The third-order valence-corrected chi connectivity index (χ3v) is 9.24. The van der Waals surface area contributed by atoms with Crippen molar-refractivity contribution in [2.75, 3.05) is 4.90 Å². The van der Waals surface area contributed by atoms with Crippen LogP contribution in [-0.4, -0.2) is 22.2 Å². The molecular weight excluding hydrogens is 599 g/mol. The maximum atomic E-state index is 9.83. The van der Waals surface area contributed by atoms with Crippen LogP contribution in [0.5, 0.6) is 0 Å². The summed E-state index contributed by atoms with van der Waals surface area (Å²) in [6.45, 7) is 4.00. The molecule has 2 N–H and O–H groups in total. The third-order valence-electron chi connectivity index (χ3n) is 9.24. The summed E-state index contributed by atoms with van der Waals surface area (Å²) >= 11 is 0. The number of aromatic nitrogens is 1. The van der Waals surface area contributed by atoms with E-state index in [1.165, 1.54) is 33.4 Å². The van der Waals surface area contributed by atoms with Gasteiger partial charge >= 0.3 is 7.12 Å². The highest BCUT2D eigenvalue weighted by atomic mass is 16.4. The van der Waals surface area contributed by atoms with E-state index < -0.39 is 12.5 Å². The van der Waals surface area contributed by atoms with Crippen LogP contribution in [0.3, 0.4) is 0 Å². The fourth-order valence-electron chi connectivity index (χ4n) is 7.13. The zero-order chi connectivity index (χ0) is 33.8. The summed E-state index contributed by atoms with van der Waals surface area (Å²) in [6.07, 6.45) is 1.81. The average Bonchev–Trinajstić information content (AvgIpc) is 3.48. The number of rotatable bonds is 7. The second-order valence-corrected chi connectivity index (χ2v) is 11.8. The molecule has 238 valence electrons. The van der Waals surface area contributed by atoms with Crippen LogP contribution in [0.4, 0.5) is 17.1 Å². The first-order chi connectivity index (χ1) is 24.1. The number of anilines is 3. The van der Waals surface area contributed by atoms with Crippen molar-refractivity contribution >= 4 is 29.6 Å². The van der Waals surface area contributed by atoms with Crippen LogP contribution in [-0.2, 0) is 5.41 Å². The van der Waals surface area contributed by atoms with Gasteiger partial charge in [0.25, 0.3) is 0 Å². The van der Waals surface area contributed by atoms with E-state index in [0.29, 0.717) is 5.46 Å². The second kappa shape index (κ2) is 13.8. The number of nitrogens with zero attached hydrogens (tertiary/aromatic N) is 2. The highest BCUT2D eigenvalue weighted by molar-refractivity contribution is 6.58. The fourth-order valence-corrected chi connectivity index (χ4v) is 7.13. The quantitative estimate of drug-likeness (QED) is 0.171. The van der Waals surface area contributed by atoms with Gasteiger partial charge in [-0.05, 0) is 87.4 Å². The summed E-state index contributed by atoms with van der Waals surface area (Å²) < 4.78 is 0. The Morgan fingerprint density at radius 3 is 1.63 bits per heavy atom. The van der Waals surface area contributed by atoms with E-state index in [2.05, 4.69) is 137 Å². The summed E-state index contributed by atoms with van der Waals surface area (Å²) in [6, 6.07) is 58.8. The minimum atomic E-state index is -1.54. The Morgan fingerprint density at radius 2 is 1.04 bits per heavy atom. The van der Waals surface area contributed by atoms with Gasteiger partial charge in [-0.1, -0.05) is 135 Å². The lowest BCUT2D eigenvalue weighted by Crippen LogP contribution is -2.29. The molecule has 0 atom stereocenters. The van der Waals surface area contributed by atoms with Crippen LogP contribution in [0.2, 0.25) is 0 Å². The Balaban J connectivity index is 0.00000186. The number of hydrogen-bond acceptors (Lipinski definition) is 4. The first-order valence-corrected chi connectivity index (χ1v) is 16.8.